The average Bonchev–Trinajstić information content (AvgIpc) is 2.84. The van der Waals surface area contributed by atoms with E-state index in [-0.39, 0.29) is 11.9 Å². The minimum absolute atomic E-state index is 0.0495. The normalized spacial score (nSPS) is 26.5. The molecule has 0 saturated carbocycles. The molecular weight excluding hydrogens is 226 g/mol. The minimum atomic E-state index is -0.0495. The van der Waals surface area contributed by atoms with Gasteiger partial charge < -0.3 is 9.64 Å². The fraction of sp³-hybridized carbons (Fsp3) is 0.533. The summed E-state index contributed by atoms with van der Waals surface area (Å²) in [6.07, 6.45) is 2.14. The molecule has 0 N–H and O–H groups in total. The van der Waals surface area contributed by atoms with Crippen LogP contribution in [0.2, 0.25) is 0 Å². The van der Waals surface area contributed by atoms with Crippen molar-refractivity contribution in [3.8, 4) is 0 Å². The topological polar surface area (TPSA) is 29.5 Å². The molecule has 96 valence electrons. The third-order valence-electron chi connectivity index (χ3n) is 4.25. The molecule has 18 heavy (non-hydrogen) atoms. The van der Waals surface area contributed by atoms with Crippen molar-refractivity contribution in [2.24, 2.45) is 5.92 Å². The molecule has 3 heteroatoms. The van der Waals surface area contributed by atoms with Crippen LogP contribution in [0.15, 0.2) is 24.3 Å². The highest BCUT2D eigenvalue weighted by Crippen LogP contribution is 2.36. The maximum atomic E-state index is 11.5. The molecular formula is C15H19NO2. The molecule has 1 aromatic carbocycles. The van der Waals surface area contributed by atoms with Gasteiger partial charge in [-0.2, -0.15) is 0 Å². The molecule has 0 radical (unpaired) electrons. The van der Waals surface area contributed by atoms with Crippen molar-refractivity contribution in [1.29, 1.82) is 0 Å². The van der Waals surface area contributed by atoms with Gasteiger partial charge in [0.1, 0.15) is 0 Å². The molecule has 2 atom stereocenters. The molecule has 3 nitrogen and oxygen atoms in total. The van der Waals surface area contributed by atoms with E-state index >= 15 is 0 Å². The van der Waals surface area contributed by atoms with Crippen molar-refractivity contribution in [2.75, 3.05) is 26.7 Å². The molecule has 0 bridgehead atoms. The number of hydrogen-bond donors (Lipinski definition) is 0. The summed E-state index contributed by atoms with van der Waals surface area (Å²) in [5.41, 5.74) is 2.99. The molecule has 1 fully saturated rings. The Balaban J connectivity index is 1.56. The van der Waals surface area contributed by atoms with Gasteiger partial charge in [-0.3, -0.25) is 4.79 Å². The van der Waals surface area contributed by atoms with Crippen LogP contribution < -0.4 is 0 Å². The zero-order valence-corrected chi connectivity index (χ0v) is 10.8. The lowest BCUT2D eigenvalue weighted by Crippen LogP contribution is -2.32. The van der Waals surface area contributed by atoms with E-state index < -0.39 is 0 Å². The largest absolute Gasteiger partial charge is 0.469 e. The number of hydrogen-bond acceptors (Lipinski definition) is 3. The smallest absolute Gasteiger partial charge is 0.310 e. The van der Waals surface area contributed by atoms with Crippen LogP contribution in [0.25, 0.3) is 0 Å². The van der Waals surface area contributed by atoms with Crippen LogP contribution in [-0.2, 0) is 16.0 Å². The minimum Gasteiger partial charge on any atom is -0.469 e. The van der Waals surface area contributed by atoms with Gasteiger partial charge in [-0.15, -0.1) is 0 Å². The van der Waals surface area contributed by atoms with Crippen LogP contribution in [0.5, 0.6) is 0 Å². The Morgan fingerprint density at radius 1 is 1.44 bits per heavy atom. The molecule has 1 saturated heterocycles. The Morgan fingerprint density at radius 2 is 2.28 bits per heavy atom. The summed E-state index contributed by atoms with van der Waals surface area (Å²) in [4.78, 5) is 13.9. The predicted molar refractivity (Wildman–Crippen MR) is 69.5 cm³/mol. The Kier molecular flexibility index (Phi) is 3.08. The zero-order chi connectivity index (χ0) is 12.5. The highest BCUT2D eigenvalue weighted by Gasteiger charge is 2.33. The molecule has 0 spiro atoms. The van der Waals surface area contributed by atoms with Gasteiger partial charge in [0.15, 0.2) is 0 Å². The third kappa shape index (κ3) is 2.03. The van der Waals surface area contributed by atoms with E-state index in [1.165, 1.54) is 24.7 Å². The molecule has 1 heterocycles. The first-order valence-electron chi connectivity index (χ1n) is 6.66. The Bertz CT molecular complexity index is 458. The van der Waals surface area contributed by atoms with Gasteiger partial charge in [0, 0.05) is 19.0 Å². The number of esters is 1. The van der Waals surface area contributed by atoms with Gasteiger partial charge in [0.25, 0.3) is 0 Å². The highest BCUT2D eigenvalue weighted by atomic mass is 16.5. The van der Waals surface area contributed by atoms with E-state index in [1.54, 1.807) is 0 Å². The maximum absolute atomic E-state index is 11.5. The van der Waals surface area contributed by atoms with Crippen LogP contribution in [-0.4, -0.2) is 37.6 Å². The van der Waals surface area contributed by atoms with Crippen LogP contribution in [0.4, 0.5) is 0 Å². The van der Waals surface area contributed by atoms with E-state index in [1.807, 2.05) is 0 Å². The lowest BCUT2D eigenvalue weighted by Gasteiger charge is -2.33. The second-order valence-electron chi connectivity index (χ2n) is 5.37. The van der Waals surface area contributed by atoms with E-state index in [9.17, 15) is 4.79 Å². The lowest BCUT2D eigenvalue weighted by molar-refractivity contribution is -0.144. The van der Waals surface area contributed by atoms with E-state index in [4.69, 9.17) is 4.74 Å². The van der Waals surface area contributed by atoms with Crippen LogP contribution in [0.1, 0.15) is 23.5 Å². The van der Waals surface area contributed by atoms with Crippen molar-refractivity contribution in [1.82, 2.24) is 4.90 Å². The van der Waals surface area contributed by atoms with Crippen LogP contribution in [0.3, 0.4) is 0 Å². The molecule has 1 aliphatic carbocycles. The van der Waals surface area contributed by atoms with Crippen molar-refractivity contribution >= 4 is 5.97 Å². The highest BCUT2D eigenvalue weighted by molar-refractivity contribution is 5.72. The summed E-state index contributed by atoms with van der Waals surface area (Å²) < 4.78 is 4.82. The molecule has 2 unspecified atom stereocenters. The van der Waals surface area contributed by atoms with Gasteiger partial charge in [0.05, 0.1) is 13.0 Å². The number of carbonyl (C=O) groups excluding carboxylic acids is 1. The fourth-order valence-electron chi connectivity index (χ4n) is 3.19. The van der Waals surface area contributed by atoms with Gasteiger partial charge in [-0.1, -0.05) is 24.3 Å². The molecule has 3 rings (SSSR count). The number of likely N-dealkylation sites (tertiary alicyclic amines) is 1. The third-order valence-corrected chi connectivity index (χ3v) is 4.25. The second-order valence-corrected chi connectivity index (χ2v) is 5.37. The Morgan fingerprint density at radius 3 is 3.06 bits per heavy atom. The summed E-state index contributed by atoms with van der Waals surface area (Å²) in [5.74, 6) is 0.703. The standard InChI is InChI=1S/C15H19NO2/c1-18-15(17)12-6-7-16(9-12)10-13-8-11-4-2-3-5-14(11)13/h2-5,12-13H,6-10H2,1H3. The summed E-state index contributed by atoms with van der Waals surface area (Å²) >= 11 is 0. The number of nitrogens with zero attached hydrogens (tertiary/aromatic N) is 1. The summed E-state index contributed by atoms with van der Waals surface area (Å²) in [6, 6.07) is 8.68. The molecule has 2 aliphatic rings. The molecule has 0 aromatic heterocycles. The predicted octanol–water partition coefficient (Wildman–Crippen LogP) is 1.82. The molecule has 1 aromatic rings. The van der Waals surface area contributed by atoms with Crippen molar-refractivity contribution in [3.05, 3.63) is 35.4 Å². The quantitative estimate of drug-likeness (QED) is 0.761. The Labute approximate surface area is 108 Å². The van der Waals surface area contributed by atoms with Crippen molar-refractivity contribution in [2.45, 2.75) is 18.8 Å². The number of benzene rings is 1. The number of methoxy groups -OCH3 is 1. The fourth-order valence-corrected chi connectivity index (χ4v) is 3.19. The first kappa shape index (κ1) is 11.7. The maximum Gasteiger partial charge on any atom is 0.310 e. The van der Waals surface area contributed by atoms with Gasteiger partial charge in [-0.25, -0.2) is 0 Å². The first-order chi connectivity index (χ1) is 8.78. The molecule has 1 aliphatic heterocycles. The number of ether oxygens (including phenoxy) is 1. The monoisotopic (exact) mass is 245 g/mol. The lowest BCUT2D eigenvalue weighted by atomic mass is 9.77. The number of carbonyl (C=O) groups is 1. The van der Waals surface area contributed by atoms with E-state index in [0.717, 1.165) is 26.1 Å². The first-order valence-corrected chi connectivity index (χ1v) is 6.66. The average molecular weight is 245 g/mol. The number of rotatable bonds is 3. The van der Waals surface area contributed by atoms with Crippen LogP contribution in [0, 0.1) is 5.92 Å². The van der Waals surface area contributed by atoms with Gasteiger partial charge in [0.2, 0.25) is 0 Å². The second kappa shape index (κ2) is 4.73. The summed E-state index contributed by atoms with van der Waals surface area (Å²) in [5, 5.41) is 0. The SMILES string of the molecule is COC(=O)C1CCN(CC2Cc3ccccc32)C1. The van der Waals surface area contributed by atoms with Gasteiger partial charge in [-0.05, 0) is 30.5 Å². The zero-order valence-electron chi connectivity index (χ0n) is 10.8. The summed E-state index contributed by atoms with van der Waals surface area (Å²) in [6.45, 7) is 2.98. The summed E-state index contributed by atoms with van der Waals surface area (Å²) in [7, 11) is 1.48. The van der Waals surface area contributed by atoms with E-state index in [2.05, 4.69) is 29.2 Å². The van der Waals surface area contributed by atoms with Crippen molar-refractivity contribution in [3.63, 3.8) is 0 Å². The van der Waals surface area contributed by atoms with Crippen molar-refractivity contribution < 1.29 is 9.53 Å². The van der Waals surface area contributed by atoms with Gasteiger partial charge >= 0.3 is 5.97 Å². The number of fused-ring (bicyclic) bond motifs is 1. The molecule has 0 amide bonds. The van der Waals surface area contributed by atoms with Crippen LogP contribution >= 0.6 is 0 Å². The Hall–Kier alpha value is -1.35. The van der Waals surface area contributed by atoms with E-state index in [0.29, 0.717) is 5.92 Å².